The fraction of sp³-hybridized carbons (Fsp3) is 0.158. The third kappa shape index (κ3) is 4.95. The van der Waals surface area contributed by atoms with Gasteiger partial charge in [-0.15, -0.1) is 10.2 Å². The van der Waals surface area contributed by atoms with Crippen molar-refractivity contribution >= 4 is 35.0 Å². The van der Waals surface area contributed by atoms with Gasteiger partial charge in [0.1, 0.15) is 5.82 Å². The van der Waals surface area contributed by atoms with Crippen LogP contribution in [0.2, 0.25) is 0 Å². The summed E-state index contributed by atoms with van der Waals surface area (Å²) in [5.41, 5.74) is 2.20. The molecule has 3 rings (SSSR count). The van der Waals surface area contributed by atoms with Crippen LogP contribution in [0.15, 0.2) is 59.8 Å². The molecule has 1 aromatic heterocycles. The van der Waals surface area contributed by atoms with Gasteiger partial charge in [-0.25, -0.2) is 0 Å². The Bertz CT molecular complexity index is 956. The molecule has 7 nitrogen and oxygen atoms in total. The highest BCUT2D eigenvalue weighted by Gasteiger charge is 2.13. The highest BCUT2D eigenvalue weighted by Crippen LogP contribution is 2.22. The molecule has 0 aliphatic carbocycles. The molecule has 2 amide bonds. The number of amides is 2. The number of aromatic nitrogens is 3. The highest BCUT2D eigenvalue weighted by molar-refractivity contribution is 7.99. The van der Waals surface area contributed by atoms with Crippen molar-refractivity contribution in [1.82, 2.24) is 14.8 Å². The van der Waals surface area contributed by atoms with Gasteiger partial charge in [0.15, 0.2) is 5.16 Å². The number of hydrogen-bond donors (Lipinski definition) is 2. The van der Waals surface area contributed by atoms with Crippen molar-refractivity contribution in [2.75, 3.05) is 16.4 Å². The number of anilines is 2. The standard InChI is InChI=1S/C19H19N5O2S/c1-13-22-23-19(24(13)17-9-4-3-5-10-17)27-12-18(26)21-16-8-6-7-15(11-16)20-14(2)25/h3-11H,12H2,1-2H3,(H,20,25)(H,21,26). The van der Waals surface area contributed by atoms with Gasteiger partial charge in [-0.2, -0.15) is 0 Å². The second-order valence-corrected chi connectivity index (χ2v) is 6.74. The summed E-state index contributed by atoms with van der Waals surface area (Å²) in [5.74, 6) is 0.618. The molecule has 0 spiro atoms. The zero-order chi connectivity index (χ0) is 19.2. The number of carbonyl (C=O) groups excluding carboxylic acids is 2. The van der Waals surface area contributed by atoms with Gasteiger partial charge in [-0.1, -0.05) is 36.0 Å². The van der Waals surface area contributed by atoms with E-state index in [0.717, 1.165) is 11.5 Å². The van der Waals surface area contributed by atoms with E-state index in [1.165, 1.54) is 18.7 Å². The lowest BCUT2D eigenvalue weighted by atomic mass is 10.2. The summed E-state index contributed by atoms with van der Waals surface area (Å²) in [4.78, 5) is 23.4. The summed E-state index contributed by atoms with van der Waals surface area (Å²) in [6, 6.07) is 16.8. The summed E-state index contributed by atoms with van der Waals surface area (Å²) in [6.07, 6.45) is 0. The van der Waals surface area contributed by atoms with Gasteiger partial charge < -0.3 is 10.6 Å². The minimum Gasteiger partial charge on any atom is -0.326 e. The van der Waals surface area contributed by atoms with Crippen LogP contribution in [0.5, 0.6) is 0 Å². The van der Waals surface area contributed by atoms with Crippen molar-refractivity contribution in [1.29, 1.82) is 0 Å². The van der Waals surface area contributed by atoms with Crippen LogP contribution in [-0.4, -0.2) is 32.3 Å². The van der Waals surface area contributed by atoms with E-state index in [2.05, 4.69) is 20.8 Å². The van der Waals surface area contributed by atoms with Gasteiger partial charge >= 0.3 is 0 Å². The normalized spacial score (nSPS) is 10.4. The number of thioether (sulfide) groups is 1. The molecule has 3 aromatic rings. The summed E-state index contributed by atoms with van der Waals surface area (Å²) in [6.45, 7) is 3.31. The quantitative estimate of drug-likeness (QED) is 0.640. The number of nitrogens with zero attached hydrogens (tertiary/aromatic N) is 3. The number of benzene rings is 2. The van der Waals surface area contributed by atoms with Crippen LogP contribution in [0, 0.1) is 6.92 Å². The minimum absolute atomic E-state index is 0.162. The van der Waals surface area contributed by atoms with Crippen molar-refractivity contribution in [3.63, 3.8) is 0 Å². The molecule has 0 unspecified atom stereocenters. The van der Waals surface area contributed by atoms with Gasteiger partial charge in [-0.05, 0) is 37.3 Å². The van der Waals surface area contributed by atoms with Crippen LogP contribution in [0.25, 0.3) is 5.69 Å². The van der Waals surface area contributed by atoms with E-state index >= 15 is 0 Å². The molecule has 138 valence electrons. The maximum absolute atomic E-state index is 12.3. The number of nitrogens with one attached hydrogen (secondary N) is 2. The van der Waals surface area contributed by atoms with E-state index in [1.54, 1.807) is 24.3 Å². The predicted molar refractivity (Wildman–Crippen MR) is 106 cm³/mol. The lowest BCUT2D eigenvalue weighted by Crippen LogP contribution is -2.15. The lowest BCUT2D eigenvalue weighted by molar-refractivity contribution is -0.114. The molecule has 27 heavy (non-hydrogen) atoms. The average Bonchev–Trinajstić information content (AvgIpc) is 3.01. The minimum atomic E-state index is -0.166. The summed E-state index contributed by atoms with van der Waals surface area (Å²) in [7, 11) is 0. The van der Waals surface area contributed by atoms with E-state index < -0.39 is 0 Å². The molecule has 2 N–H and O–H groups in total. The maximum Gasteiger partial charge on any atom is 0.234 e. The molecule has 0 bridgehead atoms. The molecule has 2 aromatic carbocycles. The van der Waals surface area contributed by atoms with Crippen LogP contribution >= 0.6 is 11.8 Å². The Balaban J connectivity index is 1.65. The topological polar surface area (TPSA) is 88.9 Å². The zero-order valence-electron chi connectivity index (χ0n) is 15.0. The molecule has 0 fully saturated rings. The van der Waals surface area contributed by atoms with E-state index in [1.807, 2.05) is 41.8 Å². The average molecular weight is 381 g/mol. The molecule has 1 heterocycles. The third-order valence-corrected chi connectivity index (χ3v) is 4.54. The predicted octanol–water partition coefficient (Wildman–Crippen LogP) is 3.26. The Morgan fingerprint density at radius 2 is 1.70 bits per heavy atom. The van der Waals surface area contributed by atoms with E-state index in [4.69, 9.17) is 0 Å². The largest absolute Gasteiger partial charge is 0.326 e. The van der Waals surface area contributed by atoms with Gasteiger partial charge in [0, 0.05) is 24.0 Å². The summed E-state index contributed by atoms with van der Waals surface area (Å²) in [5, 5.41) is 14.4. The van der Waals surface area contributed by atoms with Crippen LogP contribution in [0.3, 0.4) is 0 Å². The zero-order valence-corrected chi connectivity index (χ0v) is 15.8. The molecule has 0 saturated carbocycles. The fourth-order valence-electron chi connectivity index (χ4n) is 2.52. The van der Waals surface area contributed by atoms with E-state index in [9.17, 15) is 9.59 Å². The molecule has 0 radical (unpaired) electrons. The summed E-state index contributed by atoms with van der Waals surface area (Å²) < 4.78 is 1.91. The first-order valence-electron chi connectivity index (χ1n) is 8.30. The van der Waals surface area contributed by atoms with Crippen molar-refractivity contribution < 1.29 is 9.59 Å². The number of aryl methyl sites for hydroxylation is 1. The van der Waals surface area contributed by atoms with Crippen LogP contribution < -0.4 is 10.6 Å². The molecular weight excluding hydrogens is 362 g/mol. The Morgan fingerprint density at radius 1 is 1.00 bits per heavy atom. The first-order chi connectivity index (χ1) is 13.0. The number of rotatable bonds is 6. The smallest absolute Gasteiger partial charge is 0.234 e. The maximum atomic E-state index is 12.3. The molecule has 8 heteroatoms. The molecule has 0 aliphatic rings. The highest BCUT2D eigenvalue weighted by atomic mass is 32.2. The van der Waals surface area contributed by atoms with Gasteiger partial charge in [0.05, 0.1) is 5.75 Å². The van der Waals surface area contributed by atoms with E-state index in [0.29, 0.717) is 16.5 Å². The first-order valence-corrected chi connectivity index (χ1v) is 9.29. The van der Waals surface area contributed by atoms with Crippen LogP contribution in [0.4, 0.5) is 11.4 Å². The van der Waals surface area contributed by atoms with Crippen LogP contribution in [0.1, 0.15) is 12.7 Å². The van der Waals surface area contributed by atoms with Crippen molar-refractivity contribution in [3.8, 4) is 5.69 Å². The number of carbonyl (C=O) groups is 2. The van der Waals surface area contributed by atoms with Crippen molar-refractivity contribution in [2.45, 2.75) is 19.0 Å². The van der Waals surface area contributed by atoms with E-state index in [-0.39, 0.29) is 17.6 Å². The molecular formula is C19H19N5O2S. The van der Waals surface area contributed by atoms with Crippen molar-refractivity contribution in [3.05, 3.63) is 60.4 Å². The number of hydrogen-bond acceptors (Lipinski definition) is 5. The molecule has 0 aliphatic heterocycles. The third-order valence-electron chi connectivity index (χ3n) is 3.61. The first kappa shape index (κ1) is 18.7. The Labute approximate surface area is 161 Å². The Kier molecular flexibility index (Phi) is 5.87. The summed E-state index contributed by atoms with van der Waals surface area (Å²) >= 11 is 1.31. The van der Waals surface area contributed by atoms with Gasteiger partial charge in [-0.3, -0.25) is 14.2 Å². The monoisotopic (exact) mass is 381 g/mol. The Morgan fingerprint density at radius 3 is 2.41 bits per heavy atom. The lowest BCUT2D eigenvalue weighted by Gasteiger charge is -2.09. The second-order valence-electron chi connectivity index (χ2n) is 5.80. The molecule has 0 atom stereocenters. The van der Waals surface area contributed by atoms with Crippen molar-refractivity contribution in [2.24, 2.45) is 0 Å². The van der Waals surface area contributed by atoms with Crippen LogP contribution in [-0.2, 0) is 9.59 Å². The SMILES string of the molecule is CC(=O)Nc1cccc(NC(=O)CSc2nnc(C)n2-c2ccccc2)c1. The number of para-hydroxylation sites is 1. The Hall–Kier alpha value is -3.13. The van der Waals surface area contributed by atoms with Gasteiger partial charge in [0.25, 0.3) is 0 Å². The fourth-order valence-corrected chi connectivity index (χ4v) is 3.31. The molecule has 0 saturated heterocycles. The van der Waals surface area contributed by atoms with Gasteiger partial charge in [0.2, 0.25) is 11.8 Å². The second kappa shape index (κ2) is 8.50.